The summed E-state index contributed by atoms with van der Waals surface area (Å²) in [6.45, 7) is -0.436. The second-order valence-corrected chi connectivity index (χ2v) is 4.05. The number of hydrogen-bond donors (Lipinski definition) is 2. The molecule has 0 bridgehead atoms. The van der Waals surface area contributed by atoms with E-state index in [2.05, 4.69) is 10.1 Å². The van der Waals surface area contributed by atoms with Crippen LogP contribution in [-0.4, -0.2) is 41.6 Å². The Hall–Kier alpha value is -2.83. The molecule has 0 atom stereocenters. The van der Waals surface area contributed by atoms with E-state index in [0.29, 0.717) is 5.56 Å². The zero-order chi connectivity index (χ0) is 14.7. The van der Waals surface area contributed by atoms with Crippen LogP contribution in [0.2, 0.25) is 0 Å². The van der Waals surface area contributed by atoms with E-state index in [0.717, 1.165) is 4.90 Å². The number of carbonyl (C=O) groups is 3. The molecule has 0 aromatic heterocycles. The number of imide groups is 1. The van der Waals surface area contributed by atoms with E-state index in [1.807, 2.05) is 0 Å². The fourth-order valence-corrected chi connectivity index (χ4v) is 1.65. The quantitative estimate of drug-likeness (QED) is 0.475. The normalized spacial score (nSPS) is 16.4. The van der Waals surface area contributed by atoms with Gasteiger partial charge >= 0.3 is 12.0 Å². The van der Waals surface area contributed by atoms with Crippen molar-refractivity contribution < 1.29 is 24.2 Å². The van der Waals surface area contributed by atoms with Gasteiger partial charge in [0.15, 0.2) is 0 Å². The first kappa shape index (κ1) is 13.6. The first-order valence-corrected chi connectivity index (χ1v) is 5.71. The summed E-state index contributed by atoms with van der Waals surface area (Å²) in [7, 11) is 1.17. The third-order valence-electron chi connectivity index (χ3n) is 2.68. The van der Waals surface area contributed by atoms with Crippen LogP contribution in [-0.2, 0) is 14.3 Å². The third-order valence-corrected chi connectivity index (χ3v) is 2.68. The van der Waals surface area contributed by atoms with Crippen molar-refractivity contribution in [2.45, 2.75) is 0 Å². The highest BCUT2D eigenvalue weighted by Gasteiger charge is 2.35. The fourth-order valence-electron chi connectivity index (χ4n) is 1.65. The van der Waals surface area contributed by atoms with Gasteiger partial charge in [-0.2, -0.15) is 0 Å². The van der Waals surface area contributed by atoms with Crippen LogP contribution in [0.4, 0.5) is 4.79 Å². The molecule has 1 saturated heterocycles. The lowest BCUT2D eigenvalue weighted by molar-refractivity contribution is -0.143. The molecule has 3 amide bonds. The molecule has 1 aromatic rings. The Labute approximate surface area is 114 Å². The van der Waals surface area contributed by atoms with Gasteiger partial charge in [-0.1, -0.05) is 12.1 Å². The molecule has 7 nitrogen and oxygen atoms in total. The van der Waals surface area contributed by atoms with E-state index in [1.165, 1.54) is 25.3 Å². The molecule has 1 aromatic carbocycles. The van der Waals surface area contributed by atoms with E-state index < -0.39 is 24.5 Å². The zero-order valence-electron chi connectivity index (χ0n) is 10.6. The van der Waals surface area contributed by atoms with E-state index in [9.17, 15) is 14.4 Å². The zero-order valence-corrected chi connectivity index (χ0v) is 10.6. The maximum absolute atomic E-state index is 12.0. The first-order chi connectivity index (χ1) is 9.51. The van der Waals surface area contributed by atoms with Gasteiger partial charge in [-0.25, -0.2) is 9.69 Å². The summed E-state index contributed by atoms with van der Waals surface area (Å²) in [6, 6.07) is 5.42. The number of amides is 3. The van der Waals surface area contributed by atoms with Crippen molar-refractivity contribution in [3.8, 4) is 5.75 Å². The largest absolute Gasteiger partial charge is 0.508 e. The predicted molar refractivity (Wildman–Crippen MR) is 68.3 cm³/mol. The van der Waals surface area contributed by atoms with Gasteiger partial charge in [-0.05, 0) is 23.8 Å². The summed E-state index contributed by atoms with van der Waals surface area (Å²) in [6.07, 6.45) is 1.46. The van der Waals surface area contributed by atoms with Crippen LogP contribution >= 0.6 is 0 Å². The van der Waals surface area contributed by atoms with Gasteiger partial charge in [-0.15, -0.1) is 0 Å². The molecule has 0 spiro atoms. The molecule has 1 fully saturated rings. The summed E-state index contributed by atoms with van der Waals surface area (Å²) in [5, 5.41) is 11.5. The van der Waals surface area contributed by atoms with Crippen LogP contribution in [0.25, 0.3) is 6.08 Å². The van der Waals surface area contributed by atoms with Gasteiger partial charge < -0.3 is 15.2 Å². The summed E-state index contributed by atoms with van der Waals surface area (Å²) in [4.78, 5) is 35.4. The monoisotopic (exact) mass is 276 g/mol. The van der Waals surface area contributed by atoms with E-state index in [1.54, 1.807) is 12.1 Å². The van der Waals surface area contributed by atoms with Crippen molar-refractivity contribution in [3.05, 3.63) is 35.5 Å². The number of nitrogens with one attached hydrogen (secondary N) is 1. The first-order valence-electron chi connectivity index (χ1n) is 5.71. The molecule has 1 aliphatic rings. The van der Waals surface area contributed by atoms with Crippen molar-refractivity contribution in [2.24, 2.45) is 0 Å². The predicted octanol–water partition coefficient (Wildman–Crippen LogP) is 0.458. The minimum absolute atomic E-state index is 0.0598. The van der Waals surface area contributed by atoms with Gasteiger partial charge in [0.2, 0.25) is 0 Å². The lowest BCUT2D eigenvalue weighted by Crippen LogP contribution is -2.36. The Morgan fingerprint density at radius 2 is 2.00 bits per heavy atom. The van der Waals surface area contributed by atoms with Gasteiger partial charge in [-0.3, -0.25) is 9.59 Å². The Morgan fingerprint density at radius 1 is 1.35 bits per heavy atom. The van der Waals surface area contributed by atoms with Crippen LogP contribution in [0.5, 0.6) is 5.75 Å². The van der Waals surface area contributed by atoms with E-state index in [-0.39, 0.29) is 11.4 Å². The fraction of sp³-hybridized carbons (Fsp3) is 0.154. The summed E-state index contributed by atoms with van der Waals surface area (Å²) in [5.74, 6) is -1.19. The molecular weight excluding hydrogens is 264 g/mol. The van der Waals surface area contributed by atoms with Gasteiger partial charge in [0, 0.05) is 0 Å². The van der Waals surface area contributed by atoms with Gasteiger partial charge in [0.25, 0.3) is 5.91 Å². The Balaban J connectivity index is 2.19. The van der Waals surface area contributed by atoms with Crippen molar-refractivity contribution in [1.82, 2.24) is 10.2 Å². The van der Waals surface area contributed by atoms with Crippen LogP contribution in [0.1, 0.15) is 5.56 Å². The highest BCUT2D eigenvalue weighted by Crippen LogP contribution is 2.16. The van der Waals surface area contributed by atoms with Crippen LogP contribution in [0.15, 0.2) is 30.0 Å². The molecule has 0 radical (unpaired) electrons. The molecule has 2 rings (SSSR count). The number of ether oxygens (including phenoxy) is 1. The van der Waals surface area contributed by atoms with Crippen molar-refractivity contribution in [1.29, 1.82) is 0 Å². The SMILES string of the molecule is COC(=O)CN1C(=O)N/C(=C/c2ccc(O)cc2)C1=O. The Bertz CT molecular complexity index is 591. The highest BCUT2D eigenvalue weighted by molar-refractivity contribution is 6.15. The van der Waals surface area contributed by atoms with Crippen molar-refractivity contribution in [3.63, 3.8) is 0 Å². The lowest BCUT2D eigenvalue weighted by Gasteiger charge is -2.08. The van der Waals surface area contributed by atoms with Crippen LogP contribution in [0.3, 0.4) is 0 Å². The maximum atomic E-state index is 12.0. The standard InChI is InChI=1S/C13H12N2O5/c1-20-11(17)7-15-12(18)10(14-13(15)19)6-8-2-4-9(16)5-3-8/h2-6,16H,7H2,1H3,(H,14,19)/b10-6+. The number of methoxy groups -OCH3 is 1. The van der Waals surface area contributed by atoms with Crippen LogP contribution in [0, 0.1) is 0 Å². The molecule has 1 aliphatic heterocycles. The average molecular weight is 276 g/mol. The number of esters is 1. The minimum atomic E-state index is -0.681. The summed E-state index contributed by atoms with van der Waals surface area (Å²) >= 11 is 0. The molecule has 7 heteroatoms. The van der Waals surface area contributed by atoms with Gasteiger partial charge in [0.1, 0.15) is 18.0 Å². The number of hydrogen-bond acceptors (Lipinski definition) is 5. The minimum Gasteiger partial charge on any atom is -0.508 e. The number of carbonyl (C=O) groups excluding carboxylic acids is 3. The Kier molecular flexibility index (Phi) is 3.69. The number of benzene rings is 1. The molecule has 1 heterocycles. The number of phenolic OH excluding ortho intramolecular Hbond substituents is 1. The van der Waals surface area contributed by atoms with E-state index in [4.69, 9.17) is 5.11 Å². The summed E-state index contributed by atoms with van der Waals surface area (Å²) < 4.78 is 4.42. The maximum Gasteiger partial charge on any atom is 0.329 e. The van der Waals surface area contributed by atoms with Gasteiger partial charge in [0.05, 0.1) is 7.11 Å². The smallest absolute Gasteiger partial charge is 0.329 e. The number of urea groups is 1. The van der Waals surface area contributed by atoms with Crippen molar-refractivity contribution >= 4 is 24.0 Å². The van der Waals surface area contributed by atoms with Crippen molar-refractivity contribution in [2.75, 3.05) is 13.7 Å². The van der Waals surface area contributed by atoms with E-state index >= 15 is 0 Å². The number of phenols is 1. The molecule has 0 aliphatic carbocycles. The topological polar surface area (TPSA) is 95.9 Å². The molecule has 2 N–H and O–H groups in total. The second kappa shape index (κ2) is 5.43. The summed E-state index contributed by atoms with van der Waals surface area (Å²) in [5.41, 5.74) is 0.691. The Morgan fingerprint density at radius 3 is 2.60 bits per heavy atom. The number of rotatable bonds is 3. The molecule has 0 saturated carbocycles. The number of aromatic hydroxyl groups is 1. The molecule has 20 heavy (non-hydrogen) atoms. The third kappa shape index (κ3) is 2.77. The molecular formula is C13H12N2O5. The second-order valence-electron chi connectivity index (χ2n) is 4.05. The average Bonchev–Trinajstić information content (AvgIpc) is 2.69. The highest BCUT2D eigenvalue weighted by atomic mass is 16.5. The lowest BCUT2D eigenvalue weighted by atomic mass is 10.2. The molecule has 104 valence electrons. The molecule has 0 unspecified atom stereocenters. The number of nitrogens with zero attached hydrogens (tertiary/aromatic N) is 1. The van der Waals surface area contributed by atoms with Crippen LogP contribution < -0.4 is 5.32 Å².